The predicted molar refractivity (Wildman–Crippen MR) is 134 cm³/mol. The van der Waals surface area contributed by atoms with E-state index in [0.29, 0.717) is 0 Å². The molecule has 0 bridgehead atoms. The van der Waals surface area contributed by atoms with Crippen molar-refractivity contribution in [3.05, 3.63) is 102 Å². The third kappa shape index (κ3) is 4.72. The van der Waals surface area contributed by atoms with Gasteiger partial charge >= 0.3 is 0 Å². The summed E-state index contributed by atoms with van der Waals surface area (Å²) in [5.74, 6) is 0.859. The van der Waals surface area contributed by atoms with Crippen LogP contribution in [0.3, 0.4) is 0 Å². The first-order chi connectivity index (χ1) is 16.2. The van der Waals surface area contributed by atoms with E-state index in [4.69, 9.17) is 0 Å². The number of rotatable bonds is 6. The monoisotopic (exact) mass is 431 g/mol. The van der Waals surface area contributed by atoms with Gasteiger partial charge in [-0.15, -0.1) is 0 Å². The lowest BCUT2D eigenvalue weighted by atomic mass is 10.0. The van der Waals surface area contributed by atoms with E-state index in [-0.39, 0.29) is 0 Å². The van der Waals surface area contributed by atoms with E-state index in [9.17, 15) is 0 Å². The first-order valence-electron chi connectivity index (χ1n) is 11.1. The minimum atomic E-state index is 0.795. The fraction of sp³-hybridized carbons (Fsp3) is 0.143. The van der Waals surface area contributed by atoms with Gasteiger partial charge < -0.3 is 5.32 Å². The van der Waals surface area contributed by atoms with E-state index in [0.717, 1.165) is 52.1 Å². The number of fused-ring (bicyclic) bond motifs is 1. The molecule has 0 fully saturated rings. The molecule has 0 radical (unpaired) electrons. The zero-order valence-electron chi connectivity index (χ0n) is 18.8. The molecule has 1 N–H and O–H groups in total. The Morgan fingerprint density at radius 2 is 1.58 bits per heavy atom. The van der Waals surface area contributed by atoms with Crippen molar-refractivity contribution in [3.63, 3.8) is 0 Å². The van der Waals surface area contributed by atoms with Crippen LogP contribution < -0.4 is 5.32 Å². The number of aryl methyl sites for hydroxylation is 2. The van der Waals surface area contributed by atoms with Crippen LogP contribution in [0, 0.1) is 13.8 Å². The van der Waals surface area contributed by atoms with E-state index in [1.54, 1.807) is 0 Å². The minimum Gasteiger partial charge on any atom is -0.369 e. The lowest BCUT2D eigenvalue weighted by Gasteiger charge is -2.10. The van der Waals surface area contributed by atoms with Gasteiger partial charge in [-0.25, -0.2) is 4.98 Å². The standard InChI is InChI=1S/C28H25N5/c1-19-13-25(17-29-16-19)27-15-24-9-12-32-28(26(24)18-33-27)31-10-7-21-3-5-22(6-4-21)23-8-11-30-20(2)14-23/h3-6,8-9,11-18H,7,10H2,1-2H3,(H,31,32). The Kier molecular flexibility index (Phi) is 5.77. The molecule has 0 aliphatic carbocycles. The SMILES string of the molecule is Cc1cncc(-c2cc3ccnc(NCCc4ccc(-c5ccnc(C)c5)cc4)c3cn2)c1. The summed E-state index contributed by atoms with van der Waals surface area (Å²) in [5, 5.41) is 5.61. The fourth-order valence-corrected chi connectivity index (χ4v) is 3.98. The molecule has 0 aliphatic heterocycles. The van der Waals surface area contributed by atoms with E-state index in [2.05, 4.69) is 67.7 Å². The third-order valence-corrected chi connectivity index (χ3v) is 5.71. The van der Waals surface area contributed by atoms with Gasteiger partial charge in [-0.2, -0.15) is 0 Å². The van der Waals surface area contributed by atoms with Gasteiger partial charge in [0.1, 0.15) is 5.82 Å². The molecule has 4 aromatic heterocycles. The lowest BCUT2D eigenvalue weighted by molar-refractivity contribution is 1.01. The molecule has 5 rings (SSSR count). The Balaban J connectivity index is 1.28. The Morgan fingerprint density at radius 1 is 0.727 bits per heavy atom. The van der Waals surface area contributed by atoms with Gasteiger partial charge in [0, 0.05) is 54.2 Å². The van der Waals surface area contributed by atoms with Crippen LogP contribution in [0.25, 0.3) is 33.2 Å². The van der Waals surface area contributed by atoms with Crippen molar-refractivity contribution < 1.29 is 0 Å². The summed E-state index contributed by atoms with van der Waals surface area (Å²) in [6.45, 7) is 4.85. The summed E-state index contributed by atoms with van der Waals surface area (Å²) in [5.41, 5.74) is 7.77. The molecule has 1 aromatic carbocycles. The van der Waals surface area contributed by atoms with Gasteiger partial charge in [0.15, 0.2) is 0 Å². The molecule has 0 unspecified atom stereocenters. The fourth-order valence-electron chi connectivity index (χ4n) is 3.98. The van der Waals surface area contributed by atoms with Crippen LogP contribution in [0.2, 0.25) is 0 Å². The van der Waals surface area contributed by atoms with Crippen LogP contribution in [-0.4, -0.2) is 26.5 Å². The Labute approximate surface area is 193 Å². The predicted octanol–water partition coefficient (Wildman–Crippen LogP) is 6.03. The van der Waals surface area contributed by atoms with Gasteiger partial charge in [-0.1, -0.05) is 24.3 Å². The molecule has 0 saturated heterocycles. The van der Waals surface area contributed by atoms with Crippen molar-refractivity contribution >= 4 is 16.6 Å². The zero-order chi connectivity index (χ0) is 22.6. The Hall–Kier alpha value is -4.12. The lowest BCUT2D eigenvalue weighted by Crippen LogP contribution is -2.06. The largest absolute Gasteiger partial charge is 0.369 e. The quantitative estimate of drug-likeness (QED) is 0.356. The van der Waals surface area contributed by atoms with Crippen molar-refractivity contribution in [1.82, 2.24) is 19.9 Å². The second-order valence-electron chi connectivity index (χ2n) is 8.26. The Morgan fingerprint density at radius 3 is 2.39 bits per heavy atom. The second-order valence-corrected chi connectivity index (χ2v) is 8.26. The van der Waals surface area contributed by atoms with E-state index < -0.39 is 0 Å². The van der Waals surface area contributed by atoms with Gasteiger partial charge in [0.25, 0.3) is 0 Å². The van der Waals surface area contributed by atoms with Gasteiger partial charge in [-0.3, -0.25) is 15.0 Å². The molecule has 0 atom stereocenters. The maximum absolute atomic E-state index is 4.67. The van der Waals surface area contributed by atoms with Gasteiger partial charge in [0.2, 0.25) is 0 Å². The maximum Gasteiger partial charge on any atom is 0.135 e. The van der Waals surface area contributed by atoms with Crippen molar-refractivity contribution in [1.29, 1.82) is 0 Å². The molecule has 33 heavy (non-hydrogen) atoms. The number of benzene rings is 1. The highest BCUT2D eigenvalue weighted by Gasteiger charge is 2.07. The van der Waals surface area contributed by atoms with Crippen LogP contribution in [0.15, 0.2) is 85.6 Å². The molecule has 5 nitrogen and oxygen atoms in total. The number of nitrogens with zero attached hydrogens (tertiary/aromatic N) is 4. The average molecular weight is 432 g/mol. The van der Waals surface area contributed by atoms with Crippen LogP contribution in [-0.2, 0) is 6.42 Å². The van der Waals surface area contributed by atoms with E-state index in [1.165, 1.54) is 16.7 Å². The number of aromatic nitrogens is 4. The highest BCUT2D eigenvalue weighted by Crippen LogP contribution is 2.26. The number of hydrogen-bond donors (Lipinski definition) is 1. The highest BCUT2D eigenvalue weighted by molar-refractivity contribution is 5.93. The number of anilines is 1. The number of nitrogens with one attached hydrogen (secondary N) is 1. The highest BCUT2D eigenvalue weighted by atomic mass is 15.0. The van der Waals surface area contributed by atoms with Crippen LogP contribution in [0.4, 0.5) is 5.82 Å². The molecule has 0 saturated carbocycles. The van der Waals surface area contributed by atoms with Crippen molar-refractivity contribution in [2.24, 2.45) is 0 Å². The van der Waals surface area contributed by atoms with E-state index in [1.807, 2.05) is 57.0 Å². The van der Waals surface area contributed by atoms with Gasteiger partial charge in [-0.05, 0) is 78.2 Å². The molecule has 0 amide bonds. The van der Waals surface area contributed by atoms with Crippen molar-refractivity contribution in [2.75, 3.05) is 11.9 Å². The third-order valence-electron chi connectivity index (χ3n) is 5.71. The molecule has 0 aliphatic rings. The summed E-state index contributed by atoms with van der Waals surface area (Å²) in [6.07, 6.45) is 10.2. The number of hydrogen-bond acceptors (Lipinski definition) is 5. The zero-order valence-corrected chi connectivity index (χ0v) is 18.8. The second kappa shape index (κ2) is 9.17. The summed E-state index contributed by atoms with van der Waals surface area (Å²) in [6, 6.07) is 19.1. The Bertz CT molecular complexity index is 1410. The summed E-state index contributed by atoms with van der Waals surface area (Å²) < 4.78 is 0. The summed E-state index contributed by atoms with van der Waals surface area (Å²) >= 11 is 0. The van der Waals surface area contributed by atoms with E-state index >= 15 is 0 Å². The first kappa shape index (κ1) is 20.8. The minimum absolute atomic E-state index is 0.795. The van der Waals surface area contributed by atoms with Crippen LogP contribution in [0.5, 0.6) is 0 Å². The van der Waals surface area contributed by atoms with Crippen LogP contribution >= 0.6 is 0 Å². The van der Waals surface area contributed by atoms with Crippen LogP contribution in [0.1, 0.15) is 16.8 Å². The molecular weight excluding hydrogens is 406 g/mol. The smallest absolute Gasteiger partial charge is 0.135 e. The summed E-state index contributed by atoms with van der Waals surface area (Å²) in [7, 11) is 0. The normalized spacial score (nSPS) is 11.0. The van der Waals surface area contributed by atoms with Crippen molar-refractivity contribution in [3.8, 4) is 22.4 Å². The topological polar surface area (TPSA) is 63.6 Å². The first-order valence-corrected chi connectivity index (χ1v) is 11.1. The molecule has 5 aromatic rings. The van der Waals surface area contributed by atoms with Gasteiger partial charge in [0.05, 0.1) is 5.69 Å². The van der Waals surface area contributed by atoms with Crippen molar-refractivity contribution in [2.45, 2.75) is 20.3 Å². The molecule has 162 valence electrons. The molecule has 5 heteroatoms. The average Bonchev–Trinajstić information content (AvgIpc) is 2.84. The summed E-state index contributed by atoms with van der Waals surface area (Å²) in [4.78, 5) is 17.8. The molecular formula is C28H25N5. The number of pyridine rings is 4. The molecule has 0 spiro atoms. The maximum atomic E-state index is 4.67. The molecule has 4 heterocycles.